The molecule has 12 heteroatoms. The van der Waals surface area contributed by atoms with E-state index < -0.39 is 48.7 Å². The molecule has 0 aromatic rings. The molecule has 12 nitrogen and oxygen atoms in total. The average molecular weight is 374 g/mol. The number of hydrogen-bond donors (Lipinski definition) is 7. The number of carboxylic acid groups (broad SMARTS) is 1. The van der Waals surface area contributed by atoms with Crippen LogP contribution in [0.1, 0.15) is 19.3 Å². The van der Waals surface area contributed by atoms with E-state index in [1.54, 1.807) is 0 Å². The molecular formula is C14H26N6O6. The number of carboxylic acids is 1. The summed E-state index contributed by atoms with van der Waals surface area (Å²) < 4.78 is 0. The molecular weight excluding hydrogens is 348 g/mol. The molecule has 0 bridgehead atoms. The van der Waals surface area contributed by atoms with Crippen LogP contribution in [0.2, 0.25) is 0 Å². The van der Waals surface area contributed by atoms with E-state index in [0.29, 0.717) is 19.4 Å². The van der Waals surface area contributed by atoms with Gasteiger partial charge in [-0.05, 0) is 25.8 Å². The lowest BCUT2D eigenvalue weighted by Gasteiger charge is -2.18. The van der Waals surface area contributed by atoms with Crippen molar-refractivity contribution in [3.05, 3.63) is 0 Å². The van der Waals surface area contributed by atoms with Crippen molar-refractivity contribution < 1.29 is 29.1 Å². The summed E-state index contributed by atoms with van der Waals surface area (Å²) in [6.45, 7) is -1.17. The molecule has 0 aliphatic rings. The van der Waals surface area contributed by atoms with Gasteiger partial charge in [0.25, 0.3) is 0 Å². The topological polar surface area (TPSA) is 206 Å². The van der Waals surface area contributed by atoms with E-state index in [2.05, 4.69) is 21.3 Å². The SMILES string of the molecule is NCCCC[C@@H](NC(=O)CNC(=O)CN)C(=O)NCC(=O)NCC(=O)O. The van der Waals surface area contributed by atoms with Crippen molar-refractivity contribution in [3.8, 4) is 0 Å². The number of hydrogen-bond acceptors (Lipinski definition) is 7. The van der Waals surface area contributed by atoms with Crippen LogP contribution in [0, 0.1) is 0 Å². The van der Waals surface area contributed by atoms with E-state index in [4.69, 9.17) is 16.6 Å². The molecule has 0 aliphatic carbocycles. The fourth-order valence-corrected chi connectivity index (χ4v) is 1.79. The number of nitrogens with two attached hydrogens (primary N) is 2. The number of rotatable bonds is 13. The highest BCUT2D eigenvalue weighted by atomic mass is 16.4. The normalized spacial score (nSPS) is 11.2. The third-order valence-corrected chi connectivity index (χ3v) is 3.09. The van der Waals surface area contributed by atoms with Crippen molar-refractivity contribution in [2.24, 2.45) is 11.5 Å². The molecule has 1 atom stereocenters. The van der Waals surface area contributed by atoms with Gasteiger partial charge in [0.1, 0.15) is 12.6 Å². The summed E-state index contributed by atoms with van der Waals surface area (Å²) in [5, 5.41) is 17.6. The average Bonchev–Trinajstić information content (AvgIpc) is 2.61. The minimum atomic E-state index is -1.21. The number of nitrogens with one attached hydrogen (secondary N) is 4. The second kappa shape index (κ2) is 13.5. The first-order chi connectivity index (χ1) is 12.3. The van der Waals surface area contributed by atoms with Gasteiger partial charge in [0.15, 0.2) is 0 Å². The van der Waals surface area contributed by atoms with Crippen molar-refractivity contribution in [1.29, 1.82) is 0 Å². The van der Waals surface area contributed by atoms with Gasteiger partial charge in [-0.15, -0.1) is 0 Å². The Bertz CT molecular complexity index is 512. The molecule has 0 rings (SSSR count). The predicted molar refractivity (Wildman–Crippen MR) is 90.6 cm³/mol. The van der Waals surface area contributed by atoms with Crippen LogP contribution in [0.25, 0.3) is 0 Å². The standard InChI is InChI=1S/C14H26N6O6/c15-4-2-1-3-9(20-12(23)7-17-10(21)5-16)14(26)19-6-11(22)18-8-13(24)25/h9H,1-8,15-16H2,(H,17,21)(H,18,22)(H,19,26)(H,20,23)(H,24,25)/t9-/m1/s1. The van der Waals surface area contributed by atoms with Gasteiger partial charge in [-0.1, -0.05) is 0 Å². The van der Waals surface area contributed by atoms with Gasteiger partial charge >= 0.3 is 5.97 Å². The van der Waals surface area contributed by atoms with Crippen LogP contribution in [0.4, 0.5) is 0 Å². The van der Waals surface area contributed by atoms with Crippen LogP contribution in [-0.4, -0.2) is 73.5 Å². The quantitative estimate of drug-likeness (QED) is 0.158. The molecule has 0 saturated heterocycles. The maximum atomic E-state index is 12.1. The van der Waals surface area contributed by atoms with E-state index in [1.807, 2.05) is 0 Å². The van der Waals surface area contributed by atoms with E-state index in [9.17, 15) is 24.0 Å². The lowest BCUT2D eigenvalue weighted by molar-refractivity contribution is -0.138. The van der Waals surface area contributed by atoms with Crippen LogP contribution < -0.4 is 32.7 Å². The number of carbonyl (C=O) groups excluding carboxylic acids is 4. The molecule has 148 valence electrons. The van der Waals surface area contributed by atoms with E-state index in [-0.39, 0.29) is 19.5 Å². The Morgan fingerprint density at radius 3 is 2.00 bits per heavy atom. The Labute approximate surface area is 150 Å². The Morgan fingerprint density at radius 1 is 0.808 bits per heavy atom. The monoisotopic (exact) mass is 374 g/mol. The largest absolute Gasteiger partial charge is 0.480 e. The maximum Gasteiger partial charge on any atom is 0.322 e. The summed E-state index contributed by atoms with van der Waals surface area (Å²) in [7, 11) is 0. The Kier molecular flexibility index (Phi) is 12.1. The second-order valence-corrected chi connectivity index (χ2v) is 5.27. The summed E-state index contributed by atoms with van der Waals surface area (Å²) in [5.74, 6) is -3.60. The molecule has 9 N–H and O–H groups in total. The van der Waals surface area contributed by atoms with Crippen molar-refractivity contribution >= 4 is 29.6 Å². The third kappa shape index (κ3) is 11.8. The van der Waals surface area contributed by atoms with Gasteiger partial charge in [-0.3, -0.25) is 24.0 Å². The first-order valence-corrected chi connectivity index (χ1v) is 8.02. The molecule has 0 radical (unpaired) electrons. The smallest absolute Gasteiger partial charge is 0.322 e. The number of aliphatic carboxylic acids is 1. The highest BCUT2D eigenvalue weighted by Gasteiger charge is 2.21. The van der Waals surface area contributed by atoms with Crippen molar-refractivity contribution in [2.75, 3.05) is 32.7 Å². The van der Waals surface area contributed by atoms with Crippen molar-refractivity contribution in [3.63, 3.8) is 0 Å². The Balaban J connectivity index is 4.51. The zero-order valence-electron chi connectivity index (χ0n) is 14.4. The molecule has 0 aromatic heterocycles. The molecule has 0 aromatic carbocycles. The number of amides is 4. The van der Waals surface area contributed by atoms with Crippen molar-refractivity contribution in [1.82, 2.24) is 21.3 Å². The van der Waals surface area contributed by atoms with Gasteiger partial charge < -0.3 is 37.8 Å². The first-order valence-electron chi connectivity index (χ1n) is 8.02. The minimum absolute atomic E-state index is 0.265. The summed E-state index contributed by atoms with van der Waals surface area (Å²) in [5.41, 5.74) is 10.5. The Morgan fingerprint density at radius 2 is 1.42 bits per heavy atom. The minimum Gasteiger partial charge on any atom is -0.480 e. The van der Waals surface area contributed by atoms with E-state index in [1.165, 1.54) is 0 Å². The maximum absolute atomic E-state index is 12.1. The molecule has 26 heavy (non-hydrogen) atoms. The zero-order valence-corrected chi connectivity index (χ0v) is 14.4. The summed E-state index contributed by atoms with van der Waals surface area (Å²) >= 11 is 0. The molecule has 0 unspecified atom stereocenters. The van der Waals surface area contributed by atoms with Crippen LogP contribution in [0.5, 0.6) is 0 Å². The predicted octanol–water partition coefficient (Wildman–Crippen LogP) is -4.01. The molecule has 0 aliphatic heterocycles. The van der Waals surface area contributed by atoms with Gasteiger partial charge in [-0.2, -0.15) is 0 Å². The Hall–Kier alpha value is -2.73. The van der Waals surface area contributed by atoms with Crippen LogP contribution >= 0.6 is 0 Å². The van der Waals surface area contributed by atoms with Gasteiger partial charge in [0, 0.05) is 0 Å². The summed E-state index contributed by atoms with van der Waals surface area (Å²) in [4.78, 5) is 56.8. The second-order valence-electron chi connectivity index (χ2n) is 5.27. The zero-order chi connectivity index (χ0) is 19.9. The summed E-state index contributed by atoms with van der Waals surface area (Å²) in [6, 6.07) is -0.920. The van der Waals surface area contributed by atoms with Crippen molar-refractivity contribution in [2.45, 2.75) is 25.3 Å². The fourth-order valence-electron chi connectivity index (χ4n) is 1.79. The summed E-state index contributed by atoms with van der Waals surface area (Å²) in [6.07, 6.45) is 1.49. The molecule has 0 spiro atoms. The van der Waals surface area contributed by atoms with Gasteiger partial charge in [0.2, 0.25) is 23.6 Å². The van der Waals surface area contributed by atoms with Crippen LogP contribution in [-0.2, 0) is 24.0 Å². The first kappa shape index (κ1) is 23.3. The highest BCUT2D eigenvalue weighted by molar-refractivity contribution is 5.92. The van der Waals surface area contributed by atoms with Crippen LogP contribution in [0.15, 0.2) is 0 Å². The molecule has 0 saturated carbocycles. The molecule has 4 amide bonds. The van der Waals surface area contributed by atoms with Gasteiger partial charge in [0.05, 0.1) is 19.6 Å². The third-order valence-electron chi connectivity index (χ3n) is 3.09. The van der Waals surface area contributed by atoms with E-state index >= 15 is 0 Å². The van der Waals surface area contributed by atoms with Crippen LogP contribution in [0.3, 0.4) is 0 Å². The lowest BCUT2D eigenvalue weighted by Crippen LogP contribution is -2.51. The molecule has 0 fully saturated rings. The fraction of sp³-hybridized carbons (Fsp3) is 0.643. The van der Waals surface area contributed by atoms with E-state index in [0.717, 1.165) is 0 Å². The molecule has 0 heterocycles. The van der Waals surface area contributed by atoms with Gasteiger partial charge in [-0.25, -0.2) is 0 Å². The number of carbonyl (C=O) groups is 5. The lowest BCUT2D eigenvalue weighted by atomic mass is 10.1. The number of unbranched alkanes of at least 4 members (excludes halogenated alkanes) is 1. The highest BCUT2D eigenvalue weighted by Crippen LogP contribution is 2.01.